The number of aromatic nitrogens is 1. The van der Waals surface area contributed by atoms with Crippen LogP contribution >= 0.6 is 0 Å². The predicted octanol–water partition coefficient (Wildman–Crippen LogP) is 4.14. The van der Waals surface area contributed by atoms with Gasteiger partial charge in [0.25, 0.3) is 0 Å². The van der Waals surface area contributed by atoms with Crippen LogP contribution in [0.15, 0.2) is 47.6 Å². The largest absolute Gasteiger partial charge is 0.497 e. The van der Waals surface area contributed by atoms with E-state index < -0.39 is 0 Å². The van der Waals surface area contributed by atoms with E-state index >= 15 is 0 Å². The van der Waals surface area contributed by atoms with Crippen molar-refractivity contribution in [1.82, 2.24) is 15.6 Å². The van der Waals surface area contributed by atoms with Crippen LogP contribution in [0.1, 0.15) is 38.2 Å². The number of methoxy groups -OCH3 is 2. The zero-order valence-electron chi connectivity index (χ0n) is 18.8. The van der Waals surface area contributed by atoms with Crippen molar-refractivity contribution in [3.63, 3.8) is 0 Å². The van der Waals surface area contributed by atoms with Gasteiger partial charge in [0.2, 0.25) is 5.88 Å². The van der Waals surface area contributed by atoms with Crippen LogP contribution in [0.5, 0.6) is 17.4 Å². The predicted molar refractivity (Wildman–Crippen MR) is 123 cm³/mol. The van der Waals surface area contributed by atoms with Crippen molar-refractivity contribution < 1.29 is 14.2 Å². The van der Waals surface area contributed by atoms with Crippen LogP contribution in [-0.4, -0.2) is 44.9 Å². The first kappa shape index (κ1) is 22.9. The minimum Gasteiger partial charge on any atom is -0.497 e. The van der Waals surface area contributed by atoms with Gasteiger partial charge in [0, 0.05) is 39.1 Å². The SMILES string of the molecule is CCNC(=NCc1ccc(Oc2ccc(OC)cc2)nc1)NCC1(CCOC)CCC1. The summed E-state index contributed by atoms with van der Waals surface area (Å²) in [6.45, 7) is 5.19. The first-order chi connectivity index (χ1) is 15.2. The maximum Gasteiger partial charge on any atom is 0.219 e. The van der Waals surface area contributed by atoms with Gasteiger partial charge in [0.05, 0.1) is 13.7 Å². The first-order valence-electron chi connectivity index (χ1n) is 10.9. The summed E-state index contributed by atoms with van der Waals surface area (Å²) in [5.74, 6) is 2.90. The molecular weight excluding hydrogens is 392 g/mol. The Morgan fingerprint density at radius 1 is 1.06 bits per heavy atom. The summed E-state index contributed by atoms with van der Waals surface area (Å²) in [4.78, 5) is 9.13. The van der Waals surface area contributed by atoms with E-state index in [9.17, 15) is 0 Å². The number of ether oxygens (including phenoxy) is 3. The molecule has 1 fully saturated rings. The molecule has 3 rings (SSSR count). The molecule has 1 aliphatic carbocycles. The second-order valence-electron chi connectivity index (χ2n) is 7.93. The molecule has 0 spiro atoms. The normalized spacial score (nSPS) is 15.1. The highest BCUT2D eigenvalue weighted by Crippen LogP contribution is 2.43. The Morgan fingerprint density at radius 3 is 2.42 bits per heavy atom. The molecule has 31 heavy (non-hydrogen) atoms. The van der Waals surface area contributed by atoms with Crippen LogP contribution < -0.4 is 20.1 Å². The van der Waals surface area contributed by atoms with Crippen molar-refractivity contribution in [2.45, 2.75) is 39.2 Å². The highest BCUT2D eigenvalue weighted by atomic mass is 16.5. The number of hydrogen-bond donors (Lipinski definition) is 2. The van der Waals surface area contributed by atoms with Gasteiger partial charge in [-0.05, 0) is 61.4 Å². The fourth-order valence-corrected chi connectivity index (χ4v) is 3.62. The Hall–Kier alpha value is -2.80. The molecule has 1 aliphatic rings. The highest BCUT2D eigenvalue weighted by Gasteiger charge is 2.36. The molecular formula is C24H34N4O3. The molecule has 1 aromatic carbocycles. The zero-order valence-corrected chi connectivity index (χ0v) is 18.8. The van der Waals surface area contributed by atoms with E-state index in [1.54, 1.807) is 20.4 Å². The van der Waals surface area contributed by atoms with E-state index in [4.69, 9.17) is 19.2 Å². The van der Waals surface area contributed by atoms with Gasteiger partial charge < -0.3 is 24.8 Å². The lowest BCUT2D eigenvalue weighted by molar-refractivity contribution is 0.0732. The Kier molecular flexibility index (Phi) is 8.53. The van der Waals surface area contributed by atoms with E-state index in [1.807, 2.05) is 36.4 Å². The van der Waals surface area contributed by atoms with Crippen molar-refractivity contribution in [2.24, 2.45) is 10.4 Å². The number of rotatable bonds is 11. The van der Waals surface area contributed by atoms with E-state index in [-0.39, 0.29) is 0 Å². The van der Waals surface area contributed by atoms with Crippen molar-refractivity contribution >= 4 is 5.96 Å². The summed E-state index contributed by atoms with van der Waals surface area (Å²) in [6, 6.07) is 11.3. The van der Waals surface area contributed by atoms with Crippen LogP contribution in [0.25, 0.3) is 0 Å². The lowest BCUT2D eigenvalue weighted by Gasteiger charge is -2.42. The van der Waals surface area contributed by atoms with Crippen molar-refractivity contribution in [3.8, 4) is 17.4 Å². The van der Waals surface area contributed by atoms with Gasteiger partial charge in [-0.15, -0.1) is 0 Å². The van der Waals surface area contributed by atoms with E-state index in [2.05, 4.69) is 22.5 Å². The van der Waals surface area contributed by atoms with Crippen molar-refractivity contribution in [3.05, 3.63) is 48.2 Å². The molecule has 7 heteroatoms. The third kappa shape index (κ3) is 6.85. The summed E-state index contributed by atoms with van der Waals surface area (Å²) in [5, 5.41) is 6.86. The fraction of sp³-hybridized carbons (Fsp3) is 0.500. The van der Waals surface area contributed by atoms with Crippen LogP contribution in [-0.2, 0) is 11.3 Å². The Morgan fingerprint density at radius 2 is 1.84 bits per heavy atom. The third-order valence-corrected chi connectivity index (χ3v) is 5.72. The average Bonchev–Trinajstić information content (AvgIpc) is 2.78. The standard InChI is InChI=1S/C24H34N4O3/c1-4-25-23(28-18-24(12-5-13-24)14-15-29-2)27-17-19-6-11-22(26-16-19)31-21-9-7-20(30-3)8-10-21/h6-11,16H,4-5,12-15,17-18H2,1-3H3,(H2,25,27,28). The van der Waals surface area contributed by atoms with Gasteiger partial charge in [0.1, 0.15) is 11.5 Å². The van der Waals surface area contributed by atoms with Crippen LogP contribution in [0, 0.1) is 5.41 Å². The number of benzene rings is 1. The molecule has 0 radical (unpaired) electrons. The second-order valence-corrected chi connectivity index (χ2v) is 7.93. The van der Waals surface area contributed by atoms with Gasteiger partial charge in [-0.1, -0.05) is 12.5 Å². The van der Waals surface area contributed by atoms with Crippen molar-refractivity contribution in [2.75, 3.05) is 33.9 Å². The van der Waals surface area contributed by atoms with Crippen LogP contribution in [0.2, 0.25) is 0 Å². The third-order valence-electron chi connectivity index (χ3n) is 5.72. The highest BCUT2D eigenvalue weighted by molar-refractivity contribution is 5.79. The van der Waals surface area contributed by atoms with Gasteiger partial charge in [-0.3, -0.25) is 0 Å². The number of nitrogens with zero attached hydrogens (tertiary/aromatic N) is 2. The lowest BCUT2D eigenvalue weighted by Crippen LogP contribution is -2.46. The minimum absolute atomic E-state index is 0.341. The number of nitrogens with one attached hydrogen (secondary N) is 2. The lowest BCUT2D eigenvalue weighted by atomic mass is 9.67. The molecule has 2 N–H and O–H groups in total. The maximum atomic E-state index is 5.79. The number of aliphatic imine (C=N–C) groups is 1. The number of pyridine rings is 1. The quantitative estimate of drug-likeness (QED) is 0.415. The molecule has 1 heterocycles. The van der Waals surface area contributed by atoms with Gasteiger partial charge in [-0.2, -0.15) is 0 Å². The average molecular weight is 427 g/mol. The molecule has 0 saturated heterocycles. The molecule has 2 aromatic rings. The summed E-state index contributed by atoms with van der Waals surface area (Å²) in [6.07, 6.45) is 6.70. The van der Waals surface area contributed by atoms with Crippen LogP contribution in [0.3, 0.4) is 0 Å². The maximum absolute atomic E-state index is 5.79. The second kappa shape index (κ2) is 11.6. The van der Waals surface area contributed by atoms with E-state index in [0.717, 1.165) is 49.1 Å². The van der Waals surface area contributed by atoms with Gasteiger partial charge in [0.15, 0.2) is 5.96 Å². The van der Waals surface area contributed by atoms with E-state index in [1.165, 1.54) is 19.3 Å². The molecule has 1 saturated carbocycles. The fourth-order valence-electron chi connectivity index (χ4n) is 3.62. The summed E-state index contributed by atoms with van der Waals surface area (Å²) in [5.41, 5.74) is 1.37. The molecule has 0 bridgehead atoms. The number of guanidine groups is 1. The summed E-state index contributed by atoms with van der Waals surface area (Å²) < 4.78 is 16.2. The monoisotopic (exact) mass is 426 g/mol. The molecule has 0 atom stereocenters. The van der Waals surface area contributed by atoms with Gasteiger partial charge >= 0.3 is 0 Å². The zero-order chi connectivity index (χ0) is 21.9. The summed E-state index contributed by atoms with van der Waals surface area (Å²) in [7, 11) is 3.41. The van der Waals surface area contributed by atoms with E-state index in [0.29, 0.717) is 17.8 Å². The topological polar surface area (TPSA) is 77.0 Å². The summed E-state index contributed by atoms with van der Waals surface area (Å²) >= 11 is 0. The molecule has 7 nitrogen and oxygen atoms in total. The molecule has 0 aliphatic heterocycles. The molecule has 0 unspecified atom stereocenters. The molecule has 1 aromatic heterocycles. The first-order valence-corrected chi connectivity index (χ1v) is 10.9. The Labute approximate surface area is 185 Å². The molecule has 168 valence electrons. The van der Waals surface area contributed by atoms with Crippen molar-refractivity contribution in [1.29, 1.82) is 0 Å². The van der Waals surface area contributed by atoms with Gasteiger partial charge in [-0.25, -0.2) is 9.98 Å². The smallest absolute Gasteiger partial charge is 0.219 e. The number of hydrogen-bond acceptors (Lipinski definition) is 5. The minimum atomic E-state index is 0.341. The molecule has 0 amide bonds. The Bertz CT molecular complexity index is 818. The Balaban J connectivity index is 1.53. The van der Waals surface area contributed by atoms with Crippen LogP contribution in [0.4, 0.5) is 0 Å².